The van der Waals surface area contributed by atoms with E-state index < -0.39 is 0 Å². The van der Waals surface area contributed by atoms with Gasteiger partial charge in [-0.05, 0) is 18.9 Å². The van der Waals surface area contributed by atoms with Crippen molar-refractivity contribution >= 4 is 5.78 Å². The van der Waals surface area contributed by atoms with E-state index >= 15 is 0 Å². The van der Waals surface area contributed by atoms with E-state index in [1.807, 2.05) is 24.3 Å². The molecule has 0 unspecified atom stereocenters. The molecule has 15 heavy (non-hydrogen) atoms. The predicted octanol–water partition coefficient (Wildman–Crippen LogP) is 3.38. The Morgan fingerprint density at radius 2 is 1.93 bits per heavy atom. The number of rotatable bonds is 5. The molecule has 2 heteroatoms. The minimum absolute atomic E-state index is 0.103. The maximum Gasteiger partial charge on any atom is 0.159 e. The molecule has 1 rings (SSSR count). The van der Waals surface area contributed by atoms with Gasteiger partial charge in [-0.15, -0.1) is 0 Å². The second kappa shape index (κ2) is 5.66. The number of ketones is 1. The Bertz CT molecular complexity index is 314. The second-order valence-corrected chi connectivity index (χ2v) is 3.69. The summed E-state index contributed by atoms with van der Waals surface area (Å²) in [7, 11) is 1.72. The monoisotopic (exact) mass is 206 g/mol. The minimum atomic E-state index is 0.103. The Morgan fingerprint density at radius 3 is 2.33 bits per heavy atom. The Kier molecular flexibility index (Phi) is 4.50. The van der Waals surface area contributed by atoms with Gasteiger partial charge < -0.3 is 4.74 Å². The average molecular weight is 206 g/mol. The molecule has 0 bridgehead atoms. The number of methoxy groups -OCH3 is 1. The molecule has 0 amide bonds. The van der Waals surface area contributed by atoms with Crippen LogP contribution >= 0.6 is 0 Å². The van der Waals surface area contributed by atoms with Crippen LogP contribution in [0.25, 0.3) is 0 Å². The van der Waals surface area contributed by atoms with Gasteiger partial charge in [0.15, 0.2) is 5.78 Å². The third kappa shape index (κ3) is 3.17. The molecule has 1 atom stereocenters. The number of benzene rings is 1. The molecule has 1 aromatic carbocycles. The number of Topliss-reactive ketones (excluding diaryl/α,β-unsaturated/α-hetero) is 1. The van der Waals surface area contributed by atoms with Crippen LogP contribution in [0.3, 0.4) is 0 Å². The van der Waals surface area contributed by atoms with Crippen LogP contribution in [-0.2, 0) is 4.74 Å². The normalized spacial score (nSPS) is 12.5. The maximum atomic E-state index is 11.1. The van der Waals surface area contributed by atoms with Gasteiger partial charge in [-0.25, -0.2) is 0 Å². The second-order valence-electron chi connectivity index (χ2n) is 3.69. The summed E-state index contributed by atoms with van der Waals surface area (Å²) in [5.74, 6) is 0.103. The Morgan fingerprint density at radius 1 is 1.33 bits per heavy atom. The zero-order valence-corrected chi connectivity index (χ0v) is 9.62. The molecule has 0 aromatic heterocycles. The van der Waals surface area contributed by atoms with Crippen molar-refractivity contribution in [2.45, 2.75) is 32.8 Å². The topological polar surface area (TPSA) is 26.3 Å². The predicted molar refractivity (Wildman–Crippen MR) is 61.1 cm³/mol. The molecule has 0 aliphatic heterocycles. The summed E-state index contributed by atoms with van der Waals surface area (Å²) < 4.78 is 5.39. The first kappa shape index (κ1) is 11.9. The van der Waals surface area contributed by atoms with Gasteiger partial charge in [-0.2, -0.15) is 0 Å². The van der Waals surface area contributed by atoms with E-state index in [4.69, 9.17) is 4.74 Å². The maximum absolute atomic E-state index is 11.1. The van der Waals surface area contributed by atoms with Crippen LogP contribution in [-0.4, -0.2) is 12.9 Å². The molecule has 82 valence electrons. The number of hydrogen-bond acceptors (Lipinski definition) is 2. The first-order valence-corrected chi connectivity index (χ1v) is 5.32. The van der Waals surface area contributed by atoms with E-state index in [1.165, 1.54) is 0 Å². The highest BCUT2D eigenvalue weighted by molar-refractivity contribution is 5.94. The Hall–Kier alpha value is -1.15. The van der Waals surface area contributed by atoms with Crippen molar-refractivity contribution in [2.24, 2.45) is 0 Å². The summed E-state index contributed by atoms with van der Waals surface area (Å²) in [6.07, 6.45) is 2.25. The van der Waals surface area contributed by atoms with Crippen LogP contribution < -0.4 is 0 Å². The van der Waals surface area contributed by atoms with E-state index in [9.17, 15) is 4.79 Å². The van der Waals surface area contributed by atoms with E-state index in [2.05, 4.69) is 6.92 Å². The summed E-state index contributed by atoms with van der Waals surface area (Å²) in [6, 6.07) is 7.67. The highest BCUT2D eigenvalue weighted by atomic mass is 16.5. The number of ether oxygens (including phenoxy) is 1. The summed E-state index contributed by atoms with van der Waals surface area (Å²) in [6.45, 7) is 3.71. The molecular weight excluding hydrogens is 188 g/mol. The summed E-state index contributed by atoms with van der Waals surface area (Å²) in [4.78, 5) is 11.1. The SMILES string of the molecule is CCC[C@H](OC)c1ccc(C(C)=O)cc1. The number of carbonyl (C=O) groups excluding carboxylic acids is 1. The summed E-state index contributed by atoms with van der Waals surface area (Å²) >= 11 is 0. The van der Waals surface area contributed by atoms with Crippen molar-refractivity contribution in [3.8, 4) is 0 Å². The molecule has 0 heterocycles. The molecule has 0 radical (unpaired) electrons. The van der Waals surface area contributed by atoms with Gasteiger partial charge in [-0.1, -0.05) is 37.6 Å². The molecule has 0 spiro atoms. The van der Waals surface area contributed by atoms with Gasteiger partial charge in [0.1, 0.15) is 0 Å². The highest BCUT2D eigenvalue weighted by Gasteiger charge is 2.09. The molecule has 0 aliphatic rings. The van der Waals surface area contributed by atoms with Crippen molar-refractivity contribution in [1.82, 2.24) is 0 Å². The van der Waals surface area contributed by atoms with Gasteiger partial charge >= 0.3 is 0 Å². The molecule has 0 fully saturated rings. The zero-order valence-electron chi connectivity index (χ0n) is 9.62. The van der Waals surface area contributed by atoms with E-state index in [1.54, 1.807) is 14.0 Å². The molecule has 0 saturated carbocycles. The standard InChI is InChI=1S/C13H18O2/c1-4-5-13(15-3)12-8-6-11(7-9-12)10(2)14/h6-9,13H,4-5H2,1-3H3/t13-/m0/s1. The first-order valence-electron chi connectivity index (χ1n) is 5.32. The largest absolute Gasteiger partial charge is 0.377 e. The summed E-state index contributed by atoms with van der Waals surface area (Å²) in [5.41, 5.74) is 1.90. The van der Waals surface area contributed by atoms with Crippen LogP contribution in [0, 0.1) is 0 Å². The quantitative estimate of drug-likeness (QED) is 0.690. The smallest absolute Gasteiger partial charge is 0.159 e. The lowest BCUT2D eigenvalue weighted by Crippen LogP contribution is -2.01. The first-order chi connectivity index (χ1) is 7.19. The van der Waals surface area contributed by atoms with Crippen LogP contribution in [0.2, 0.25) is 0 Å². The van der Waals surface area contributed by atoms with Crippen molar-refractivity contribution in [3.05, 3.63) is 35.4 Å². The van der Waals surface area contributed by atoms with E-state index in [0.29, 0.717) is 0 Å². The van der Waals surface area contributed by atoms with Crippen LogP contribution in [0.4, 0.5) is 0 Å². The van der Waals surface area contributed by atoms with Crippen LogP contribution in [0.5, 0.6) is 0 Å². The Balaban J connectivity index is 2.81. The molecular formula is C13H18O2. The van der Waals surface area contributed by atoms with E-state index in [-0.39, 0.29) is 11.9 Å². The minimum Gasteiger partial charge on any atom is -0.377 e. The lowest BCUT2D eigenvalue weighted by molar-refractivity contribution is 0.0948. The molecule has 0 saturated heterocycles. The van der Waals surface area contributed by atoms with Crippen LogP contribution in [0.1, 0.15) is 48.7 Å². The van der Waals surface area contributed by atoms with Crippen molar-refractivity contribution < 1.29 is 9.53 Å². The van der Waals surface area contributed by atoms with Crippen molar-refractivity contribution in [2.75, 3.05) is 7.11 Å². The third-order valence-electron chi connectivity index (χ3n) is 2.52. The van der Waals surface area contributed by atoms with Crippen LogP contribution in [0.15, 0.2) is 24.3 Å². The van der Waals surface area contributed by atoms with Gasteiger partial charge in [0, 0.05) is 12.7 Å². The lowest BCUT2D eigenvalue weighted by atomic mass is 10.0. The van der Waals surface area contributed by atoms with Crippen molar-refractivity contribution in [1.29, 1.82) is 0 Å². The average Bonchev–Trinajstić information content (AvgIpc) is 2.26. The molecule has 0 aliphatic carbocycles. The van der Waals surface area contributed by atoms with Gasteiger partial charge in [0.05, 0.1) is 6.10 Å². The number of hydrogen-bond donors (Lipinski definition) is 0. The van der Waals surface area contributed by atoms with Gasteiger partial charge in [0.2, 0.25) is 0 Å². The van der Waals surface area contributed by atoms with Gasteiger partial charge in [-0.3, -0.25) is 4.79 Å². The Labute approximate surface area is 91.3 Å². The fraction of sp³-hybridized carbons (Fsp3) is 0.462. The fourth-order valence-electron chi connectivity index (χ4n) is 1.62. The molecule has 0 N–H and O–H groups in total. The number of carbonyl (C=O) groups is 1. The summed E-state index contributed by atoms with van der Waals surface area (Å²) in [5, 5.41) is 0. The zero-order chi connectivity index (χ0) is 11.3. The lowest BCUT2D eigenvalue weighted by Gasteiger charge is -2.14. The third-order valence-corrected chi connectivity index (χ3v) is 2.52. The van der Waals surface area contributed by atoms with Gasteiger partial charge in [0.25, 0.3) is 0 Å². The molecule has 1 aromatic rings. The molecule has 2 nitrogen and oxygen atoms in total. The van der Waals surface area contributed by atoms with Crippen molar-refractivity contribution in [3.63, 3.8) is 0 Å². The van der Waals surface area contributed by atoms with E-state index in [0.717, 1.165) is 24.0 Å². The highest BCUT2D eigenvalue weighted by Crippen LogP contribution is 2.22. The fourth-order valence-corrected chi connectivity index (χ4v) is 1.62.